The van der Waals surface area contributed by atoms with E-state index in [-0.39, 0.29) is 32.9 Å². The molecule has 0 unspecified atom stereocenters. The van der Waals surface area contributed by atoms with E-state index in [0.717, 1.165) is 23.5 Å². The van der Waals surface area contributed by atoms with Gasteiger partial charge in [-0.05, 0) is 30.2 Å². The predicted molar refractivity (Wildman–Crippen MR) is 91.2 cm³/mol. The lowest BCUT2D eigenvalue weighted by molar-refractivity contribution is -0.137. The molecule has 0 radical (unpaired) electrons. The molecule has 2 heterocycles. The molecule has 0 aliphatic rings. The number of alkyl halides is 3. The Kier molecular flexibility index (Phi) is 4.53. The van der Waals surface area contributed by atoms with Gasteiger partial charge >= 0.3 is 12.1 Å². The Balaban J connectivity index is 2.05. The number of aromatic nitrogens is 2. The lowest BCUT2D eigenvalue weighted by Crippen LogP contribution is -2.12. The maximum atomic E-state index is 13.0. The van der Waals surface area contributed by atoms with E-state index in [1.807, 2.05) is 0 Å². The number of aryl methyl sites for hydroxylation is 1. The van der Waals surface area contributed by atoms with Crippen LogP contribution in [0.1, 0.15) is 32.2 Å². The number of carboxylic acids is 1. The molecule has 0 atom stereocenters. The van der Waals surface area contributed by atoms with Crippen molar-refractivity contribution in [2.45, 2.75) is 19.5 Å². The van der Waals surface area contributed by atoms with Crippen molar-refractivity contribution in [3.05, 3.63) is 61.0 Å². The summed E-state index contributed by atoms with van der Waals surface area (Å²) in [6, 6.07) is 3.44. The van der Waals surface area contributed by atoms with Crippen LogP contribution in [0, 0.1) is 6.92 Å². The number of rotatable bonds is 3. The molecule has 2 N–H and O–H groups in total. The highest BCUT2D eigenvalue weighted by Crippen LogP contribution is 2.35. The van der Waals surface area contributed by atoms with Crippen LogP contribution in [0.25, 0.3) is 10.2 Å². The van der Waals surface area contributed by atoms with Gasteiger partial charge in [-0.15, -0.1) is 11.3 Å². The normalized spacial score (nSPS) is 11.9. The Bertz CT molecular complexity index is 1090. The minimum Gasteiger partial charge on any atom is -0.477 e. The van der Waals surface area contributed by atoms with E-state index in [2.05, 4.69) is 9.97 Å². The van der Waals surface area contributed by atoms with Crippen LogP contribution in [0.3, 0.4) is 0 Å². The van der Waals surface area contributed by atoms with E-state index >= 15 is 0 Å². The molecule has 0 aliphatic carbocycles. The third kappa shape index (κ3) is 3.32. The predicted octanol–water partition coefficient (Wildman–Crippen LogP) is 4.25. The van der Waals surface area contributed by atoms with Crippen molar-refractivity contribution in [2.75, 3.05) is 0 Å². The molecular formula is C16H10ClF3N2O3S. The Morgan fingerprint density at radius 2 is 2.08 bits per heavy atom. The van der Waals surface area contributed by atoms with E-state index in [1.54, 1.807) is 0 Å². The Hall–Kier alpha value is -2.39. The molecule has 10 heteroatoms. The summed E-state index contributed by atoms with van der Waals surface area (Å²) in [6.07, 6.45) is -4.66. The second kappa shape index (κ2) is 6.40. The maximum absolute atomic E-state index is 13.0. The number of aromatic amines is 1. The summed E-state index contributed by atoms with van der Waals surface area (Å²) in [4.78, 5) is 30.4. The van der Waals surface area contributed by atoms with E-state index in [4.69, 9.17) is 16.7 Å². The third-order valence-corrected chi connectivity index (χ3v) is 5.25. The van der Waals surface area contributed by atoms with Crippen LogP contribution < -0.4 is 5.56 Å². The van der Waals surface area contributed by atoms with Crippen LogP contribution in [0.4, 0.5) is 13.2 Å². The quantitative estimate of drug-likeness (QED) is 0.686. The van der Waals surface area contributed by atoms with Gasteiger partial charge in [-0.1, -0.05) is 17.7 Å². The van der Waals surface area contributed by atoms with Crippen molar-refractivity contribution in [1.82, 2.24) is 9.97 Å². The average molecular weight is 403 g/mol. The number of H-pyrrole nitrogens is 1. The first-order chi connectivity index (χ1) is 12.1. The number of hydrogen-bond acceptors (Lipinski definition) is 4. The van der Waals surface area contributed by atoms with E-state index in [1.165, 1.54) is 13.0 Å². The highest BCUT2D eigenvalue weighted by Gasteiger charge is 2.33. The molecule has 5 nitrogen and oxygen atoms in total. The molecular weight excluding hydrogens is 393 g/mol. The van der Waals surface area contributed by atoms with Crippen molar-refractivity contribution < 1.29 is 23.1 Å². The Morgan fingerprint density at radius 1 is 1.38 bits per heavy atom. The summed E-state index contributed by atoms with van der Waals surface area (Å²) >= 11 is 6.44. The number of benzene rings is 1. The van der Waals surface area contributed by atoms with Crippen LogP contribution in [0.15, 0.2) is 23.0 Å². The number of hydrogen-bond donors (Lipinski definition) is 2. The van der Waals surface area contributed by atoms with Crippen molar-refractivity contribution in [3.63, 3.8) is 0 Å². The first-order valence-electron chi connectivity index (χ1n) is 7.19. The molecule has 26 heavy (non-hydrogen) atoms. The van der Waals surface area contributed by atoms with Gasteiger partial charge in [-0.25, -0.2) is 9.78 Å². The smallest absolute Gasteiger partial charge is 0.417 e. The summed E-state index contributed by atoms with van der Waals surface area (Å²) in [5.74, 6) is -1.03. The van der Waals surface area contributed by atoms with Crippen molar-refractivity contribution in [1.29, 1.82) is 0 Å². The fourth-order valence-corrected chi connectivity index (χ4v) is 3.83. The molecule has 3 rings (SSSR count). The minimum atomic E-state index is -4.60. The second-order valence-electron chi connectivity index (χ2n) is 5.54. The molecule has 1 aromatic carbocycles. The number of carbonyl (C=O) groups is 1. The third-order valence-electron chi connectivity index (χ3n) is 3.75. The van der Waals surface area contributed by atoms with E-state index in [0.29, 0.717) is 5.56 Å². The van der Waals surface area contributed by atoms with Gasteiger partial charge in [0.05, 0.1) is 16.0 Å². The number of nitrogens with zero attached hydrogens (tertiary/aromatic N) is 1. The minimum absolute atomic E-state index is 0.000926. The lowest BCUT2D eigenvalue weighted by Gasteiger charge is -2.10. The number of halogens is 4. The molecule has 0 fully saturated rings. The van der Waals surface area contributed by atoms with Gasteiger partial charge in [-0.3, -0.25) is 4.79 Å². The summed E-state index contributed by atoms with van der Waals surface area (Å²) in [7, 11) is 0. The first kappa shape index (κ1) is 18.4. The Labute approximate surface area is 153 Å². The van der Waals surface area contributed by atoms with Crippen molar-refractivity contribution in [2.24, 2.45) is 0 Å². The van der Waals surface area contributed by atoms with E-state index < -0.39 is 28.3 Å². The summed E-state index contributed by atoms with van der Waals surface area (Å²) in [5.41, 5.74) is -0.934. The number of thiophene rings is 1. The van der Waals surface area contributed by atoms with Gasteiger partial charge < -0.3 is 10.1 Å². The average Bonchev–Trinajstić information content (AvgIpc) is 2.85. The van der Waals surface area contributed by atoms with Crippen LogP contribution in [0.2, 0.25) is 5.02 Å². The number of fused-ring (bicyclic) bond motifs is 1. The van der Waals surface area contributed by atoms with Gasteiger partial charge in [0.2, 0.25) is 0 Å². The highest BCUT2D eigenvalue weighted by atomic mass is 35.5. The highest BCUT2D eigenvalue weighted by molar-refractivity contribution is 7.20. The zero-order valence-electron chi connectivity index (χ0n) is 13.1. The van der Waals surface area contributed by atoms with Crippen molar-refractivity contribution in [3.8, 4) is 0 Å². The second-order valence-corrected chi connectivity index (χ2v) is 6.95. The van der Waals surface area contributed by atoms with Gasteiger partial charge in [0, 0.05) is 6.42 Å². The van der Waals surface area contributed by atoms with Crippen LogP contribution in [0.5, 0.6) is 0 Å². The molecule has 0 saturated heterocycles. The molecule has 0 saturated carbocycles. The molecule has 0 amide bonds. The number of nitrogens with one attached hydrogen (secondary N) is 1. The largest absolute Gasteiger partial charge is 0.477 e. The molecule has 136 valence electrons. The van der Waals surface area contributed by atoms with Crippen molar-refractivity contribution >= 4 is 39.1 Å². The monoisotopic (exact) mass is 402 g/mol. The molecule has 3 aromatic rings. The number of carboxylic acid groups (broad SMARTS) is 1. The molecule has 0 spiro atoms. The zero-order valence-corrected chi connectivity index (χ0v) is 14.6. The lowest BCUT2D eigenvalue weighted by atomic mass is 10.1. The molecule has 2 aromatic heterocycles. The van der Waals surface area contributed by atoms with Crippen LogP contribution in [-0.2, 0) is 12.6 Å². The first-order valence-corrected chi connectivity index (χ1v) is 8.38. The van der Waals surface area contributed by atoms with Gasteiger partial charge in [-0.2, -0.15) is 13.2 Å². The van der Waals surface area contributed by atoms with E-state index in [9.17, 15) is 22.8 Å². The van der Waals surface area contributed by atoms with Gasteiger partial charge in [0.25, 0.3) is 5.56 Å². The fourth-order valence-electron chi connectivity index (χ4n) is 2.57. The van der Waals surface area contributed by atoms with Crippen LogP contribution in [-0.4, -0.2) is 21.0 Å². The van der Waals surface area contributed by atoms with Gasteiger partial charge in [0.15, 0.2) is 0 Å². The summed E-state index contributed by atoms with van der Waals surface area (Å²) < 4.78 is 38.9. The van der Waals surface area contributed by atoms with Crippen LogP contribution >= 0.6 is 22.9 Å². The Morgan fingerprint density at radius 3 is 2.69 bits per heavy atom. The maximum Gasteiger partial charge on any atom is 0.417 e. The van der Waals surface area contributed by atoms with Gasteiger partial charge in [0.1, 0.15) is 15.5 Å². The molecule has 0 bridgehead atoms. The summed E-state index contributed by atoms with van der Waals surface area (Å²) in [5, 5.41) is 8.90. The number of aromatic carboxylic acids is 1. The molecule has 0 aliphatic heterocycles. The fraction of sp³-hybridized carbons (Fsp3) is 0.188. The summed E-state index contributed by atoms with van der Waals surface area (Å²) in [6.45, 7) is 1.51. The zero-order chi connectivity index (χ0) is 19.2. The topological polar surface area (TPSA) is 83.0 Å². The SMILES string of the molecule is Cc1c(C(=O)O)sc2nc(Cc3ccc(Cl)c(C(F)(F)F)c3)[nH]c(=O)c12. The standard InChI is InChI=1S/C16H10ClF3N2O3S/c1-6-11-13(23)21-10(22-14(11)26-12(6)15(24)25)5-7-2-3-9(17)8(4-7)16(18,19)20/h2-4H,5H2,1H3,(H,24,25)(H,21,22,23).